The van der Waals surface area contributed by atoms with Gasteiger partial charge in [0.2, 0.25) is 0 Å². The fourth-order valence-electron chi connectivity index (χ4n) is 0.957. The van der Waals surface area contributed by atoms with Crippen LogP contribution in [0.25, 0.3) is 0 Å². The fourth-order valence-corrected chi connectivity index (χ4v) is 0.957. The van der Waals surface area contributed by atoms with Crippen LogP contribution >= 0.6 is 0 Å². The zero-order valence-corrected chi connectivity index (χ0v) is 22.7. The molecular weight excluding hydrogens is 459 g/mol. The van der Waals surface area contributed by atoms with E-state index in [1.807, 2.05) is 0 Å². The van der Waals surface area contributed by atoms with Gasteiger partial charge >= 0.3 is 23.9 Å². The monoisotopic (exact) mass is 476 g/mol. The Kier molecular flexibility index (Phi) is 25.3. The van der Waals surface area contributed by atoms with Gasteiger partial charge in [0.1, 0.15) is 0 Å². The van der Waals surface area contributed by atoms with Crippen LogP contribution in [0.15, 0.2) is 0 Å². The van der Waals surface area contributed by atoms with Gasteiger partial charge in [0, 0.05) is 146 Å². The van der Waals surface area contributed by atoms with Crippen molar-refractivity contribution >= 4 is 132 Å². The first-order valence-electron chi connectivity index (χ1n) is 5.50. The summed E-state index contributed by atoms with van der Waals surface area (Å²) in [6.45, 7) is 3.97. The van der Waals surface area contributed by atoms with Gasteiger partial charge in [0.15, 0.2) is 0 Å². The molecule has 0 saturated heterocycles. The Hall–Kier alpha value is 1.37. The van der Waals surface area contributed by atoms with Gasteiger partial charge in [-0.25, -0.2) is 0 Å². The zero-order valence-electron chi connectivity index (χ0n) is 14.3. The third kappa shape index (κ3) is 21.3. The number of hydrogen-bond donors (Lipinski definition) is 0. The second-order valence-electron chi connectivity index (χ2n) is 3.44. The van der Waals surface area contributed by atoms with E-state index in [2.05, 4.69) is 19.4 Å². The summed E-state index contributed by atoms with van der Waals surface area (Å²) in [6, 6.07) is 0. The van der Waals surface area contributed by atoms with Crippen LogP contribution in [0, 0.1) is 0 Å². The van der Waals surface area contributed by atoms with E-state index in [1.165, 1.54) is 0 Å². The molecule has 0 amide bonds. The van der Waals surface area contributed by atoms with Gasteiger partial charge in [0.25, 0.3) is 0 Å². The number of hydrogen-bond acceptors (Lipinski definition) is 10. The molecule has 0 atom stereocenters. The van der Waals surface area contributed by atoms with E-state index >= 15 is 0 Å². The second-order valence-corrected chi connectivity index (χ2v) is 3.44. The summed E-state index contributed by atoms with van der Waals surface area (Å²) in [5.74, 6) is -2.90. The third-order valence-electron chi connectivity index (χ3n) is 1.39. The van der Waals surface area contributed by atoms with Gasteiger partial charge < -0.3 is 19.4 Å². The molecule has 0 bridgehead atoms. The first kappa shape index (κ1) is 32.1. The Balaban J connectivity index is -0.000000602. The van der Waals surface area contributed by atoms with Crippen molar-refractivity contribution in [2.24, 2.45) is 0 Å². The largest absolute Gasteiger partial charge is 0.333 e. The van der Waals surface area contributed by atoms with E-state index in [9.17, 15) is 19.2 Å². The van der Waals surface area contributed by atoms with Crippen LogP contribution in [0.4, 0.5) is 0 Å². The van der Waals surface area contributed by atoms with Gasteiger partial charge in [-0.15, -0.1) is 0 Å². The summed E-state index contributed by atoms with van der Waals surface area (Å²) >= 11 is 0. The summed E-state index contributed by atoms with van der Waals surface area (Å²) in [6.07, 6.45) is 0. The van der Waals surface area contributed by atoms with Crippen LogP contribution < -0.4 is 0 Å². The van der Waals surface area contributed by atoms with Crippen molar-refractivity contribution in [1.82, 2.24) is 10.5 Å². The topological polar surface area (TPSA) is 112 Å². The molecule has 0 aromatic heterocycles. The van der Waals surface area contributed by atoms with E-state index in [4.69, 9.17) is 0 Å². The standard InChI is InChI=1S/C10H16N2O8.Ba.2Na/c1-7(13)17-11(18-8(2)14)5-6-12(19-9(3)15)20-10(4)16;;;/h5-6H2,1-4H3;;;. The molecule has 0 aliphatic heterocycles. The number of carbonyl (C=O) groups is 4. The van der Waals surface area contributed by atoms with Crippen LogP contribution in [0.3, 0.4) is 0 Å². The van der Waals surface area contributed by atoms with Crippen molar-refractivity contribution < 1.29 is 38.5 Å². The van der Waals surface area contributed by atoms with Crippen molar-refractivity contribution in [3.63, 3.8) is 0 Å². The average Bonchev–Trinajstić information content (AvgIpc) is 2.22. The van der Waals surface area contributed by atoms with Crippen molar-refractivity contribution in [3.05, 3.63) is 0 Å². The molecule has 23 heavy (non-hydrogen) atoms. The maximum atomic E-state index is 10.8. The molecule has 0 aromatic carbocycles. The van der Waals surface area contributed by atoms with Gasteiger partial charge in [-0.05, 0) is 0 Å². The van der Waals surface area contributed by atoms with E-state index in [0.29, 0.717) is 10.5 Å². The summed E-state index contributed by atoms with van der Waals surface area (Å²) in [4.78, 5) is 61.4. The number of hydroxylamine groups is 4. The van der Waals surface area contributed by atoms with Crippen LogP contribution in [-0.2, 0) is 38.5 Å². The maximum Gasteiger partial charge on any atom is 0.326 e. The molecule has 4 radical (unpaired) electrons. The average molecular weight is 476 g/mol. The van der Waals surface area contributed by atoms with Crippen molar-refractivity contribution in [3.8, 4) is 0 Å². The van der Waals surface area contributed by atoms with E-state index < -0.39 is 23.9 Å². The first-order valence-corrected chi connectivity index (χ1v) is 5.50. The number of rotatable bonds is 7. The quantitative estimate of drug-likeness (QED) is 0.314. The fraction of sp³-hybridized carbons (Fsp3) is 0.600. The molecule has 0 N–H and O–H groups in total. The van der Waals surface area contributed by atoms with Crippen LogP contribution in [0.5, 0.6) is 0 Å². The number of carbonyl (C=O) groups excluding carboxylic acids is 4. The van der Waals surface area contributed by atoms with E-state index in [0.717, 1.165) is 27.7 Å². The molecule has 0 heterocycles. The van der Waals surface area contributed by atoms with E-state index in [1.54, 1.807) is 0 Å². The molecule has 0 aliphatic carbocycles. The van der Waals surface area contributed by atoms with Crippen molar-refractivity contribution in [2.45, 2.75) is 27.7 Å². The molecule has 0 fully saturated rings. The smallest absolute Gasteiger partial charge is 0.326 e. The minimum atomic E-state index is -0.724. The minimum Gasteiger partial charge on any atom is -0.333 e. The predicted octanol–water partition coefficient (Wildman–Crippen LogP) is -1.64. The molecule has 0 spiro atoms. The minimum absolute atomic E-state index is 0. The van der Waals surface area contributed by atoms with Gasteiger partial charge in [-0.2, -0.15) is 0 Å². The van der Waals surface area contributed by atoms with Gasteiger partial charge in [-0.1, -0.05) is 0 Å². The Morgan fingerprint density at radius 3 is 0.913 bits per heavy atom. The first-order chi connectivity index (χ1) is 9.20. The molecular formula is C10H16BaN2Na2O8. The molecule has 13 heteroatoms. The Labute approximate surface area is 218 Å². The molecule has 0 saturated carbocycles. The Morgan fingerprint density at radius 2 is 0.783 bits per heavy atom. The van der Waals surface area contributed by atoms with E-state index in [-0.39, 0.29) is 121 Å². The van der Waals surface area contributed by atoms with Crippen LogP contribution in [0.2, 0.25) is 0 Å². The SMILES string of the molecule is CC(=O)ON(CCN(OC(C)=O)OC(C)=O)OC(C)=O.[Ba].[Na].[Na]. The second kappa shape index (κ2) is 18.2. The summed E-state index contributed by atoms with van der Waals surface area (Å²) in [5.41, 5.74) is 0. The Bertz CT molecular complexity index is 331. The molecule has 10 nitrogen and oxygen atoms in total. The third-order valence-corrected chi connectivity index (χ3v) is 1.39. The normalized spacial score (nSPS) is 8.78. The Morgan fingerprint density at radius 1 is 0.609 bits per heavy atom. The number of nitrogens with zero attached hydrogens (tertiary/aromatic N) is 2. The zero-order chi connectivity index (χ0) is 15.7. The van der Waals surface area contributed by atoms with Crippen LogP contribution in [-0.4, -0.2) is 155 Å². The molecule has 0 rings (SSSR count). The molecule has 118 valence electrons. The van der Waals surface area contributed by atoms with Crippen LogP contribution in [0.1, 0.15) is 27.7 Å². The van der Waals surface area contributed by atoms with Crippen molar-refractivity contribution in [1.29, 1.82) is 0 Å². The van der Waals surface area contributed by atoms with Gasteiger partial charge in [-0.3, -0.25) is 19.2 Å². The maximum absolute atomic E-state index is 10.8. The molecule has 0 unspecified atom stereocenters. The predicted molar refractivity (Wildman–Crippen MR) is 77.7 cm³/mol. The molecule has 0 aromatic rings. The van der Waals surface area contributed by atoms with Gasteiger partial charge in [0.05, 0.1) is 13.1 Å². The van der Waals surface area contributed by atoms with Crippen molar-refractivity contribution in [2.75, 3.05) is 13.1 Å². The summed E-state index contributed by atoms with van der Waals surface area (Å²) in [5, 5.41) is 1.15. The molecule has 0 aliphatic rings. The summed E-state index contributed by atoms with van der Waals surface area (Å²) < 4.78 is 0. The summed E-state index contributed by atoms with van der Waals surface area (Å²) in [7, 11) is 0.